The Morgan fingerprint density at radius 2 is 2.00 bits per heavy atom. The van der Waals surface area contributed by atoms with Crippen molar-refractivity contribution in [1.82, 2.24) is 23.1 Å². The van der Waals surface area contributed by atoms with Gasteiger partial charge >= 0.3 is 5.69 Å². The topological polar surface area (TPSA) is 75.5 Å². The lowest BCUT2D eigenvalue weighted by Gasteiger charge is -2.05. The minimum atomic E-state index is -0.339. The maximum atomic E-state index is 12.6. The molecule has 0 aliphatic heterocycles. The molecule has 0 amide bonds. The Morgan fingerprint density at radius 1 is 1.26 bits per heavy atom. The Hall–Kier alpha value is -2.35. The molecule has 0 radical (unpaired) electrons. The molecular formula is C15H21N5O3. The summed E-state index contributed by atoms with van der Waals surface area (Å²) in [6, 6.07) is 0. The van der Waals surface area contributed by atoms with Crippen LogP contribution in [0.4, 0.5) is 0 Å². The second-order valence-corrected chi connectivity index (χ2v) is 5.61. The van der Waals surface area contributed by atoms with Crippen molar-refractivity contribution < 1.29 is 4.74 Å². The van der Waals surface area contributed by atoms with Gasteiger partial charge in [-0.15, -0.1) is 0 Å². The first kappa shape index (κ1) is 15.5. The van der Waals surface area contributed by atoms with E-state index in [1.165, 1.54) is 9.13 Å². The number of aromatic nitrogens is 5. The summed E-state index contributed by atoms with van der Waals surface area (Å²) in [5, 5.41) is 0. The molecule has 0 bridgehead atoms. The van der Waals surface area contributed by atoms with E-state index in [2.05, 4.69) is 4.98 Å². The van der Waals surface area contributed by atoms with Crippen LogP contribution in [0.15, 0.2) is 15.8 Å². The highest BCUT2D eigenvalue weighted by molar-refractivity contribution is 5.75. The number of imidazole rings is 2. The van der Waals surface area contributed by atoms with Crippen LogP contribution >= 0.6 is 0 Å². The van der Waals surface area contributed by atoms with E-state index in [1.54, 1.807) is 25.5 Å². The van der Waals surface area contributed by atoms with Crippen LogP contribution in [-0.2, 0) is 24.9 Å². The molecule has 8 heteroatoms. The van der Waals surface area contributed by atoms with Crippen molar-refractivity contribution in [3.05, 3.63) is 32.7 Å². The number of hydrogen-bond donors (Lipinski definition) is 0. The summed E-state index contributed by atoms with van der Waals surface area (Å²) in [6.45, 7) is 5.50. The minimum Gasteiger partial charge on any atom is -0.385 e. The van der Waals surface area contributed by atoms with Crippen molar-refractivity contribution in [2.24, 2.45) is 7.05 Å². The van der Waals surface area contributed by atoms with Crippen LogP contribution in [0.1, 0.15) is 19.0 Å². The average molecular weight is 319 g/mol. The van der Waals surface area contributed by atoms with Gasteiger partial charge in [-0.3, -0.25) is 18.3 Å². The maximum absolute atomic E-state index is 12.6. The molecule has 0 saturated carbocycles. The van der Waals surface area contributed by atoms with Gasteiger partial charge in [0.2, 0.25) is 5.78 Å². The first-order valence-corrected chi connectivity index (χ1v) is 7.67. The minimum absolute atomic E-state index is 0.299. The first-order valence-electron chi connectivity index (χ1n) is 7.67. The van der Waals surface area contributed by atoms with E-state index >= 15 is 0 Å². The van der Waals surface area contributed by atoms with Crippen LogP contribution in [0.5, 0.6) is 0 Å². The number of rotatable bonds is 5. The molecule has 0 unspecified atom stereocenters. The molecule has 23 heavy (non-hydrogen) atoms. The van der Waals surface area contributed by atoms with Gasteiger partial charge in [-0.2, -0.15) is 4.98 Å². The van der Waals surface area contributed by atoms with E-state index in [9.17, 15) is 9.59 Å². The monoisotopic (exact) mass is 319 g/mol. The molecule has 3 aromatic rings. The number of fused-ring (bicyclic) bond motifs is 3. The van der Waals surface area contributed by atoms with Crippen LogP contribution in [0, 0.1) is 6.92 Å². The molecule has 0 aromatic carbocycles. The van der Waals surface area contributed by atoms with Crippen molar-refractivity contribution in [3.8, 4) is 0 Å². The Bertz CT molecular complexity index is 989. The smallest absolute Gasteiger partial charge is 0.332 e. The van der Waals surface area contributed by atoms with Crippen molar-refractivity contribution in [3.63, 3.8) is 0 Å². The van der Waals surface area contributed by atoms with Gasteiger partial charge in [0.1, 0.15) is 0 Å². The second-order valence-electron chi connectivity index (χ2n) is 5.61. The fraction of sp³-hybridized carbons (Fsp3) is 0.533. The zero-order valence-electron chi connectivity index (χ0n) is 13.9. The molecule has 0 aliphatic rings. The van der Waals surface area contributed by atoms with Crippen LogP contribution in [0.25, 0.3) is 16.9 Å². The highest BCUT2D eigenvalue weighted by Crippen LogP contribution is 2.16. The lowest BCUT2D eigenvalue weighted by molar-refractivity contribution is 0.190. The number of methoxy groups -OCH3 is 1. The fourth-order valence-corrected chi connectivity index (χ4v) is 2.98. The lowest BCUT2D eigenvalue weighted by atomic mass is 10.4. The standard InChI is InChI=1S/C15H21N5O3/c1-5-18-13(21)11-12(17(3)15(18)22)16-14-19(7-6-8-23-4)10(2)9-20(11)14/h9H,5-8H2,1-4H3. The number of ether oxygens (including phenoxy) is 1. The molecular weight excluding hydrogens is 298 g/mol. The average Bonchev–Trinajstić information content (AvgIpc) is 3.02. The zero-order valence-corrected chi connectivity index (χ0v) is 13.9. The van der Waals surface area contributed by atoms with Crippen molar-refractivity contribution >= 4 is 16.9 Å². The van der Waals surface area contributed by atoms with Gasteiger partial charge in [0.15, 0.2) is 11.2 Å². The van der Waals surface area contributed by atoms with Crippen molar-refractivity contribution in [2.75, 3.05) is 13.7 Å². The molecule has 3 rings (SSSR count). The second kappa shape index (κ2) is 5.69. The summed E-state index contributed by atoms with van der Waals surface area (Å²) >= 11 is 0. The summed E-state index contributed by atoms with van der Waals surface area (Å²) in [6.07, 6.45) is 2.74. The number of aryl methyl sites for hydroxylation is 3. The van der Waals surface area contributed by atoms with Gasteiger partial charge in [-0.25, -0.2) is 4.79 Å². The van der Waals surface area contributed by atoms with Gasteiger partial charge < -0.3 is 9.30 Å². The molecule has 0 atom stereocenters. The van der Waals surface area contributed by atoms with E-state index in [0.717, 1.165) is 18.7 Å². The van der Waals surface area contributed by atoms with Crippen molar-refractivity contribution in [1.29, 1.82) is 0 Å². The fourth-order valence-electron chi connectivity index (χ4n) is 2.98. The SMILES string of the molecule is CCn1c(=O)c2c(nc3n(CCCOC)c(C)cn23)n(C)c1=O. The van der Waals surface area contributed by atoms with Crippen LogP contribution < -0.4 is 11.2 Å². The van der Waals surface area contributed by atoms with Gasteiger partial charge in [-0.1, -0.05) is 0 Å². The normalized spacial score (nSPS) is 11.8. The summed E-state index contributed by atoms with van der Waals surface area (Å²) in [5.74, 6) is 0.676. The van der Waals surface area contributed by atoms with Crippen molar-refractivity contribution in [2.45, 2.75) is 33.4 Å². The highest BCUT2D eigenvalue weighted by atomic mass is 16.5. The van der Waals surface area contributed by atoms with Crippen LogP contribution in [0.2, 0.25) is 0 Å². The number of hydrogen-bond acceptors (Lipinski definition) is 4. The molecule has 0 spiro atoms. The Kier molecular flexibility index (Phi) is 3.85. The summed E-state index contributed by atoms with van der Waals surface area (Å²) < 4.78 is 11.6. The Morgan fingerprint density at radius 3 is 2.65 bits per heavy atom. The van der Waals surface area contributed by atoms with Gasteiger partial charge in [0.05, 0.1) is 0 Å². The number of nitrogens with zero attached hydrogens (tertiary/aromatic N) is 5. The van der Waals surface area contributed by atoms with E-state index in [4.69, 9.17) is 4.74 Å². The third-order valence-corrected chi connectivity index (χ3v) is 4.19. The molecule has 0 N–H and O–H groups in total. The van der Waals surface area contributed by atoms with E-state index < -0.39 is 0 Å². The maximum Gasteiger partial charge on any atom is 0.332 e. The molecule has 3 heterocycles. The third-order valence-electron chi connectivity index (χ3n) is 4.19. The predicted molar refractivity (Wildman–Crippen MR) is 87.1 cm³/mol. The summed E-state index contributed by atoms with van der Waals surface area (Å²) in [7, 11) is 3.32. The Labute approximate surface area is 132 Å². The summed E-state index contributed by atoms with van der Waals surface area (Å²) in [5.41, 5.74) is 1.24. The summed E-state index contributed by atoms with van der Waals surface area (Å²) in [4.78, 5) is 29.4. The predicted octanol–water partition coefficient (Wildman–Crippen LogP) is 0.514. The van der Waals surface area contributed by atoms with Crippen LogP contribution in [0.3, 0.4) is 0 Å². The van der Waals surface area contributed by atoms with E-state index in [-0.39, 0.29) is 11.2 Å². The quantitative estimate of drug-likeness (QED) is 0.642. The largest absolute Gasteiger partial charge is 0.385 e. The Balaban J connectivity index is 2.33. The van der Waals surface area contributed by atoms with E-state index in [0.29, 0.717) is 30.1 Å². The molecule has 0 fully saturated rings. The molecule has 0 saturated heterocycles. The van der Waals surface area contributed by atoms with Gasteiger partial charge in [0.25, 0.3) is 5.56 Å². The third kappa shape index (κ3) is 2.21. The van der Waals surface area contributed by atoms with E-state index in [1.807, 2.05) is 17.7 Å². The zero-order chi connectivity index (χ0) is 16.7. The van der Waals surface area contributed by atoms with Gasteiger partial charge in [-0.05, 0) is 20.3 Å². The van der Waals surface area contributed by atoms with Crippen LogP contribution in [-0.4, -0.2) is 36.8 Å². The molecule has 8 nitrogen and oxygen atoms in total. The molecule has 3 aromatic heterocycles. The molecule has 124 valence electrons. The highest BCUT2D eigenvalue weighted by Gasteiger charge is 2.19. The lowest BCUT2D eigenvalue weighted by Crippen LogP contribution is -2.38. The first-order chi connectivity index (χ1) is 11.0. The van der Waals surface area contributed by atoms with Gasteiger partial charge in [0, 0.05) is 45.7 Å². The molecule has 0 aliphatic carbocycles.